The molecule has 2 amide bonds. The standard InChI is InChI=1S/C27H26ClFN4O9S/c1-10(34)17-23(36)33-21(26(39)40)16(43-24(17)33)9-42-27(41)30-11-4-5-31(7-11)20-15(29)6-13-19(18(20)28)32(12-2-3-12)8-14(22(13)35)25(37)38/h6,8,10-12,17,24,34H,2-5,7,9H2,1H3,(H,30,41)(H,37,38)(H,39,40)/t10-,11?,17-,24-/m0/s1. The summed E-state index contributed by atoms with van der Waals surface area (Å²) in [7, 11) is 0. The summed E-state index contributed by atoms with van der Waals surface area (Å²) < 4.78 is 22.3. The number of carbonyl (C=O) groups excluding carboxylic acids is 2. The third-order valence-electron chi connectivity index (χ3n) is 8.09. The number of nitrogens with one attached hydrogen (secondary N) is 1. The van der Waals surface area contributed by atoms with Crippen molar-refractivity contribution in [2.75, 3.05) is 24.6 Å². The Kier molecular flexibility index (Phi) is 7.29. The number of hydrogen-bond donors (Lipinski definition) is 4. The molecule has 228 valence electrons. The monoisotopic (exact) mass is 636 g/mol. The summed E-state index contributed by atoms with van der Waals surface area (Å²) in [6.45, 7) is 1.50. The molecule has 3 fully saturated rings. The summed E-state index contributed by atoms with van der Waals surface area (Å²) in [6, 6.07) is 0.462. The molecule has 13 nitrogen and oxygen atoms in total. The Hall–Kier alpha value is -3.82. The molecule has 4 atom stereocenters. The van der Waals surface area contributed by atoms with Gasteiger partial charge in [-0.3, -0.25) is 14.5 Å². The summed E-state index contributed by atoms with van der Waals surface area (Å²) in [5, 5.41) is 30.9. The number of carboxylic acids is 2. The number of halogens is 2. The SMILES string of the molecule is C[C@H](O)[C@H]1C(=O)N2C(C(=O)O)=C(COC(=O)NC3CCN(c4c(F)cc5c(=O)c(C(=O)O)cn(C6CC6)c5c4Cl)C3)S[C@@H]12. The predicted molar refractivity (Wildman–Crippen MR) is 152 cm³/mol. The fourth-order valence-electron chi connectivity index (χ4n) is 5.89. The Labute approximate surface area is 251 Å². The molecular weight excluding hydrogens is 611 g/mol. The Morgan fingerprint density at radius 1 is 1.21 bits per heavy atom. The quantitative estimate of drug-likeness (QED) is 0.313. The van der Waals surface area contributed by atoms with Gasteiger partial charge in [0.05, 0.1) is 44.6 Å². The highest BCUT2D eigenvalue weighted by atomic mass is 35.5. The Morgan fingerprint density at radius 2 is 1.93 bits per heavy atom. The van der Waals surface area contributed by atoms with E-state index in [1.165, 1.54) is 13.1 Å². The number of aromatic nitrogens is 1. The highest BCUT2D eigenvalue weighted by Gasteiger charge is 2.57. The van der Waals surface area contributed by atoms with Crippen LogP contribution in [0.1, 0.15) is 42.6 Å². The number of amides is 2. The van der Waals surface area contributed by atoms with Gasteiger partial charge in [0, 0.05) is 25.3 Å². The number of aliphatic hydroxyl groups is 1. The molecule has 0 bridgehead atoms. The van der Waals surface area contributed by atoms with Crippen molar-refractivity contribution in [2.45, 2.75) is 49.7 Å². The number of rotatable bonds is 8. The van der Waals surface area contributed by atoms with Gasteiger partial charge >= 0.3 is 18.0 Å². The van der Waals surface area contributed by atoms with Crippen LogP contribution in [0.5, 0.6) is 0 Å². The summed E-state index contributed by atoms with van der Waals surface area (Å²) in [4.78, 5) is 64.1. The first-order chi connectivity index (χ1) is 20.4. The lowest BCUT2D eigenvalue weighted by Crippen LogP contribution is -2.60. The molecule has 1 saturated carbocycles. The number of anilines is 1. The number of thioether (sulfide) groups is 1. The number of β-lactam (4-membered cyclic amide) rings is 1. The summed E-state index contributed by atoms with van der Waals surface area (Å²) in [5.41, 5.74) is -1.29. The molecular formula is C27H26ClFN4O9S. The van der Waals surface area contributed by atoms with Gasteiger partial charge in [0.15, 0.2) is 0 Å². The van der Waals surface area contributed by atoms with Crippen molar-refractivity contribution < 1.29 is 43.6 Å². The lowest BCUT2D eigenvalue weighted by molar-refractivity contribution is -0.156. The van der Waals surface area contributed by atoms with Gasteiger partial charge in [-0.05, 0) is 32.3 Å². The number of carboxylic acid groups (broad SMARTS) is 2. The molecule has 6 rings (SSSR count). The van der Waals surface area contributed by atoms with Crippen LogP contribution in [0.2, 0.25) is 5.02 Å². The lowest BCUT2D eigenvalue weighted by atomic mass is 9.92. The molecule has 43 heavy (non-hydrogen) atoms. The molecule has 4 N–H and O–H groups in total. The average molecular weight is 637 g/mol. The fraction of sp³-hybridized carbons (Fsp3) is 0.444. The van der Waals surface area contributed by atoms with E-state index in [2.05, 4.69) is 5.32 Å². The second-order valence-corrected chi connectivity index (χ2v) is 12.5. The predicted octanol–water partition coefficient (Wildman–Crippen LogP) is 2.34. The second kappa shape index (κ2) is 10.7. The van der Waals surface area contributed by atoms with Crippen LogP contribution in [0.15, 0.2) is 27.7 Å². The normalized spacial score (nSPS) is 23.8. The Balaban J connectivity index is 1.15. The number of ether oxygens (including phenoxy) is 1. The fourth-order valence-corrected chi connectivity index (χ4v) is 7.82. The van der Waals surface area contributed by atoms with Crippen LogP contribution in [0, 0.1) is 11.7 Å². The zero-order valence-corrected chi connectivity index (χ0v) is 24.2. The summed E-state index contributed by atoms with van der Waals surface area (Å²) in [6.07, 6.45) is 1.36. The number of fused-ring (bicyclic) bond motifs is 2. The van der Waals surface area contributed by atoms with Crippen LogP contribution in [0.25, 0.3) is 10.9 Å². The van der Waals surface area contributed by atoms with E-state index in [1.807, 2.05) is 0 Å². The van der Waals surface area contributed by atoms with Crippen molar-refractivity contribution in [3.05, 3.63) is 49.5 Å². The minimum Gasteiger partial charge on any atom is -0.477 e. The van der Waals surface area contributed by atoms with Crippen molar-refractivity contribution in [3.63, 3.8) is 0 Å². The van der Waals surface area contributed by atoms with Gasteiger partial charge in [-0.1, -0.05) is 23.4 Å². The molecule has 16 heteroatoms. The van der Waals surface area contributed by atoms with Crippen molar-refractivity contribution in [1.29, 1.82) is 0 Å². The van der Waals surface area contributed by atoms with Crippen molar-refractivity contribution in [2.24, 2.45) is 5.92 Å². The van der Waals surface area contributed by atoms with E-state index in [0.29, 0.717) is 13.0 Å². The van der Waals surface area contributed by atoms with Crippen LogP contribution < -0.4 is 15.6 Å². The number of aliphatic hydroxyl groups excluding tert-OH is 1. The summed E-state index contributed by atoms with van der Waals surface area (Å²) >= 11 is 7.74. The molecule has 2 aromatic rings. The van der Waals surface area contributed by atoms with Crippen molar-refractivity contribution in [1.82, 2.24) is 14.8 Å². The van der Waals surface area contributed by atoms with E-state index in [-0.39, 0.29) is 44.8 Å². The van der Waals surface area contributed by atoms with E-state index < -0.39 is 70.8 Å². The molecule has 4 heterocycles. The second-order valence-electron chi connectivity index (χ2n) is 10.9. The van der Waals surface area contributed by atoms with Gasteiger partial charge in [-0.2, -0.15) is 0 Å². The first-order valence-electron chi connectivity index (χ1n) is 13.5. The molecule has 3 aliphatic heterocycles. The number of carbonyl (C=O) groups is 4. The number of alkyl carbamates (subject to hydrolysis) is 1. The highest BCUT2D eigenvalue weighted by Crippen LogP contribution is 2.50. The molecule has 2 saturated heterocycles. The maximum Gasteiger partial charge on any atom is 0.407 e. The smallest absolute Gasteiger partial charge is 0.407 e. The van der Waals surface area contributed by atoms with Crippen LogP contribution >= 0.6 is 23.4 Å². The molecule has 4 aliphatic rings. The van der Waals surface area contributed by atoms with Gasteiger partial charge < -0.3 is 34.8 Å². The van der Waals surface area contributed by atoms with E-state index >= 15 is 4.39 Å². The lowest BCUT2D eigenvalue weighted by Gasteiger charge is -2.43. The zero-order valence-electron chi connectivity index (χ0n) is 22.6. The third-order valence-corrected chi connectivity index (χ3v) is 9.79. The molecule has 1 aromatic heterocycles. The van der Waals surface area contributed by atoms with Crippen molar-refractivity contribution >= 4 is 63.9 Å². The van der Waals surface area contributed by atoms with Gasteiger partial charge in [0.25, 0.3) is 0 Å². The number of benzene rings is 1. The Bertz CT molecular complexity index is 1690. The average Bonchev–Trinajstić information content (AvgIpc) is 3.59. The van der Waals surface area contributed by atoms with E-state index in [9.17, 15) is 39.3 Å². The van der Waals surface area contributed by atoms with Gasteiger partial charge in [0.2, 0.25) is 11.3 Å². The topological polar surface area (TPSA) is 179 Å². The third kappa shape index (κ3) is 4.88. The largest absolute Gasteiger partial charge is 0.477 e. The number of nitrogens with zero attached hydrogens (tertiary/aromatic N) is 3. The van der Waals surface area contributed by atoms with E-state index in [4.69, 9.17) is 16.3 Å². The molecule has 0 spiro atoms. The molecule has 0 radical (unpaired) electrons. The van der Waals surface area contributed by atoms with Gasteiger partial charge in [-0.15, -0.1) is 0 Å². The van der Waals surface area contributed by atoms with Crippen LogP contribution in [-0.4, -0.2) is 85.9 Å². The minimum atomic E-state index is -1.41. The molecule has 1 aromatic carbocycles. The van der Waals surface area contributed by atoms with Gasteiger partial charge in [0.1, 0.15) is 29.1 Å². The number of pyridine rings is 1. The van der Waals surface area contributed by atoms with E-state index in [0.717, 1.165) is 35.6 Å². The maximum absolute atomic E-state index is 15.4. The minimum absolute atomic E-state index is 0.0276. The van der Waals surface area contributed by atoms with Crippen LogP contribution in [-0.2, 0) is 14.3 Å². The van der Waals surface area contributed by atoms with E-state index in [1.54, 1.807) is 9.47 Å². The number of hydrogen-bond acceptors (Lipinski definition) is 9. The van der Waals surface area contributed by atoms with Crippen LogP contribution in [0.4, 0.5) is 14.9 Å². The van der Waals surface area contributed by atoms with Crippen LogP contribution in [0.3, 0.4) is 0 Å². The zero-order chi connectivity index (χ0) is 30.9. The summed E-state index contributed by atoms with van der Waals surface area (Å²) in [5.74, 6) is -4.82. The molecule has 1 unspecified atom stereocenters. The highest BCUT2D eigenvalue weighted by molar-refractivity contribution is 8.04. The molecule has 1 aliphatic carbocycles. The number of aromatic carboxylic acids is 1. The maximum atomic E-state index is 15.4. The Morgan fingerprint density at radius 3 is 2.56 bits per heavy atom. The number of aliphatic carboxylic acids is 1. The first kappa shape index (κ1) is 29.3. The first-order valence-corrected chi connectivity index (χ1v) is 14.8. The van der Waals surface area contributed by atoms with Crippen molar-refractivity contribution in [3.8, 4) is 0 Å². The van der Waals surface area contributed by atoms with Gasteiger partial charge in [-0.25, -0.2) is 18.8 Å².